The summed E-state index contributed by atoms with van der Waals surface area (Å²) in [6, 6.07) is 0.0138. The molecule has 0 rings (SSSR count). The van der Waals surface area contributed by atoms with E-state index in [4.69, 9.17) is 5.73 Å². The van der Waals surface area contributed by atoms with Crippen LogP contribution in [0.5, 0.6) is 0 Å². The third-order valence-electron chi connectivity index (χ3n) is 1.71. The first kappa shape index (κ1) is 11.4. The highest BCUT2D eigenvalue weighted by molar-refractivity contribution is 5.76. The summed E-state index contributed by atoms with van der Waals surface area (Å²) in [5, 5.41) is 0. The summed E-state index contributed by atoms with van der Waals surface area (Å²) >= 11 is 0. The van der Waals surface area contributed by atoms with Crippen LogP contribution in [0.4, 0.5) is 0 Å². The summed E-state index contributed by atoms with van der Waals surface area (Å²) in [5.41, 5.74) is 5.77. The molecule has 0 aliphatic rings. The molecule has 0 aromatic carbocycles. The van der Waals surface area contributed by atoms with Crippen LogP contribution in [-0.2, 0) is 4.79 Å². The first-order valence-corrected chi connectivity index (χ1v) is 4.39. The van der Waals surface area contributed by atoms with Crippen molar-refractivity contribution in [2.75, 3.05) is 14.1 Å². The second-order valence-corrected chi connectivity index (χ2v) is 3.88. The van der Waals surface area contributed by atoms with Gasteiger partial charge in [-0.2, -0.15) is 0 Å². The van der Waals surface area contributed by atoms with E-state index in [1.807, 2.05) is 0 Å². The van der Waals surface area contributed by atoms with Crippen molar-refractivity contribution < 1.29 is 4.79 Å². The third kappa shape index (κ3) is 5.13. The highest BCUT2D eigenvalue weighted by Gasteiger charge is 2.11. The molecule has 0 aromatic heterocycles. The van der Waals surface area contributed by atoms with E-state index in [1.54, 1.807) is 19.0 Å². The van der Waals surface area contributed by atoms with Crippen LogP contribution in [0.3, 0.4) is 0 Å². The topological polar surface area (TPSA) is 46.3 Å². The van der Waals surface area contributed by atoms with Crippen molar-refractivity contribution in [2.45, 2.75) is 32.7 Å². The predicted molar refractivity (Wildman–Crippen MR) is 50.7 cm³/mol. The molecule has 2 N–H and O–H groups in total. The van der Waals surface area contributed by atoms with Crippen molar-refractivity contribution in [3.05, 3.63) is 0 Å². The molecule has 1 atom stereocenters. The lowest BCUT2D eigenvalue weighted by Gasteiger charge is -2.16. The molecule has 0 bridgehead atoms. The fraction of sp³-hybridized carbons (Fsp3) is 0.889. The van der Waals surface area contributed by atoms with Gasteiger partial charge in [0.1, 0.15) is 0 Å². The van der Waals surface area contributed by atoms with Crippen LogP contribution in [0.1, 0.15) is 26.7 Å². The lowest BCUT2D eigenvalue weighted by atomic mass is 10.0. The number of nitrogens with two attached hydrogens (primary N) is 1. The zero-order valence-corrected chi connectivity index (χ0v) is 8.50. The number of hydrogen-bond donors (Lipinski definition) is 1. The van der Waals surface area contributed by atoms with Crippen LogP contribution >= 0.6 is 0 Å². The van der Waals surface area contributed by atoms with Gasteiger partial charge in [-0.1, -0.05) is 13.8 Å². The van der Waals surface area contributed by atoms with Crippen molar-refractivity contribution in [2.24, 2.45) is 11.7 Å². The summed E-state index contributed by atoms with van der Waals surface area (Å²) in [6.07, 6.45) is 1.38. The van der Waals surface area contributed by atoms with Crippen LogP contribution in [0.25, 0.3) is 0 Å². The average molecular weight is 172 g/mol. The SMILES string of the molecule is CC(C)CC(N)CC(=O)N(C)C. The molecule has 0 aliphatic carbocycles. The highest BCUT2D eigenvalue weighted by atomic mass is 16.2. The second kappa shape index (κ2) is 5.14. The molecule has 12 heavy (non-hydrogen) atoms. The molecule has 1 amide bonds. The Morgan fingerprint density at radius 3 is 2.25 bits per heavy atom. The van der Waals surface area contributed by atoms with Gasteiger partial charge in [0.25, 0.3) is 0 Å². The van der Waals surface area contributed by atoms with Gasteiger partial charge in [-0.05, 0) is 12.3 Å². The normalized spacial score (nSPS) is 13.2. The first-order chi connectivity index (χ1) is 5.43. The van der Waals surface area contributed by atoms with E-state index in [0.29, 0.717) is 12.3 Å². The zero-order chi connectivity index (χ0) is 9.72. The van der Waals surface area contributed by atoms with E-state index in [9.17, 15) is 4.79 Å². The van der Waals surface area contributed by atoms with Crippen LogP contribution in [0.15, 0.2) is 0 Å². The monoisotopic (exact) mass is 172 g/mol. The Balaban J connectivity index is 3.69. The van der Waals surface area contributed by atoms with Gasteiger partial charge in [-0.15, -0.1) is 0 Å². The Bertz CT molecular complexity index is 143. The van der Waals surface area contributed by atoms with Gasteiger partial charge in [0.15, 0.2) is 0 Å². The van der Waals surface area contributed by atoms with Gasteiger partial charge in [0.05, 0.1) is 0 Å². The molecule has 0 aliphatic heterocycles. The summed E-state index contributed by atoms with van der Waals surface area (Å²) in [5.74, 6) is 0.679. The van der Waals surface area contributed by atoms with Gasteiger partial charge in [-0.3, -0.25) is 4.79 Å². The van der Waals surface area contributed by atoms with Crippen molar-refractivity contribution >= 4 is 5.91 Å². The number of carbonyl (C=O) groups is 1. The summed E-state index contributed by atoms with van der Waals surface area (Å²) < 4.78 is 0. The number of hydrogen-bond acceptors (Lipinski definition) is 2. The molecule has 0 heterocycles. The van der Waals surface area contributed by atoms with Crippen LogP contribution in [0.2, 0.25) is 0 Å². The molecular weight excluding hydrogens is 152 g/mol. The molecule has 0 spiro atoms. The summed E-state index contributed by atoms with van der Waals surface area (Å²) in [6.45, 7) is 4.22. The average Bonchev–Trinajstić information content (AvgIpc) is 1.84. The molecule has 1 unspecified atom stereocenters. The van der Waals surface area contributed by atoms with Crippen LogP contribution in [-0.4, -0.2) is 30.9 Å². The fourth-order valence-electron chi connectivity index (χ4n) is 1.10. The third-order valence-corrected chi connectivity index (χ3v) is 1.71. The molecule has 3 nitrogen and oxygen atoms in total. The van der Waals surface area contributed by atoms with E-state index in [1.165, 1.54) is 0 Å². The van der Waals surface area contributed by atoms with Crippen molar-refractivity contribution in [1.29, 1.82) is 0 Å². The minimum atomic E-state index is 0.0138. The van der Waals surface area contributed by atoms with E-state index in [-0.39, 0.29) is 11.9 Å². The first-order valence-electron chi connectivity index (χ1n) is 4.39. The fourth-order valence-corrected chi connectivity index (χ4v) is 1.10. The number of carbonyl (C=O) groups excluding carboxylic acids is 1. The Morgan fingerprint density at radius 1 is 1.42 bits per heavy atom. The second-order valence-electron chi connectivity index (χ2n) is 3.88. The molecule has 0 radical (unpaired) electrons. The molecule has 72 valence electrons. The van der Waals surface area contributed by atoms with Crippen molar-refractivity contribution in [3.63, 3.8) is 0 Å². The van der Waals surface area contributed by atoms with E-state index in [0.717, 1.165) is 6.42 Å². The largest absolute Gasteiger partial charge is 0.349 e. The lowest BCUT2D eigenvalue weighted by Crippen LogP contribution is -2.31. The molecule has 0 saturated heterocycles. The molecular formula is C9H20N2O. The quantitative estimate of drug-likeness (QED) is 0.683. The van der Waals surface area contributed by atoms with Gasteiger partial charge < -0.3 is 10.6 Å². The Hall–Kier alpha value is -0.570. The van der Waals surface area contributed by atoms with Crippen molar-refractivity contribution in [3.8, 4) is 0 Å². The number of nitrogens with zero attached hydrogens (tertiary/aromatic N) is 1. The Labute approximate surface area is 74.9 Å². The maximum Gasteiger partial charge on any atom is 0.223 e. The van der Waals surface area contributed by atoms with Crippen molar-refractivity contribution in [1.82, 2.24) is 4.90 Å². The summed E-state index contributed by atoms with van der Waals surface area (Å²) in [7, 11) is 3.51. The standard InChI is InChI=1S/C9H20N2O/c1-7(2)5-8(10)6-9(12)11(3)4/h7-8H,5-6,10H2,1-4H3. The minimum absolute atomic E-state index is 0.0138. The molecule has 3 heteroatoms. The smallest absolute Gasteiger partial charge is 0.223 e. The highest BCUT2D eigenvalue weighted by Crippen LogP contribution is 2.06. The summed E-state index contributed by atoms with van der Waals surface area (Å²) in [4.78, 5) is 12.8. The van der Waals surface area contributed by atoms with Crippen LogP contribution < -0.4 is 5.73 Å². The number of rotatable bonds is 4. The molecule has 0 fully saturated rings. The minimum Gasteiger partial charge on any atom is -0.349 e. The zero-order valence-electron chi connectivity index (χ0n) is 8.50. The van der Waals surface area contributed by atoms with E-state index >= 15 is 0 Å². The van der Waals surface area contributed by atoms with Gasteiger partial charge in [-0.25, -0.2) is 0 Å². The molecule has 0 saturated carbocycles. The van der Waals surface area contributed by atoms with E-state index < -0.39 is 0 Å². The maximum atomic E-state index is 11.2. The number of amides is 1. The maximum absolute atomic E-state index is 11.2. The predicted octanol–water partition coefficient (Wildman–Crippen LogP) is 0.838. The van der Waals surface area contributed by atoms with E-state index in [2.05, 4.69) is 13.8 Å². The van der Waals surface area contributed by atoms with Crippen LogP contribution in [0, 0.1) is 5.92 Å². The lowest BCUT2D eigenvalue weighted by molar-refractivity contribution is -0.129. The van der Waals surface area contributed by atoms with Gasteiger partial charge >= 0.3 is 0 Å². The molecule has 0 aromatic rings. The Kier molecular flexibility index (Phi) is 4.90. The Morgan fingerprint density at radius 2 is 1.92 bits per heavy atom. The van der Waals surface area contributed by atoms with Gasteiger partial charge in [0.2, 0.25) is 5.91 Å². The van der Waals surface area contributed by atoms with Gasteiger partial charge in [0, 0.05) is 26.6 Å².